The quantitative estimate of drug-likeness (QED) is 0.627. The fourth-order valence-electron chi connectivity index (χ4n) is 2.89. The molecule has 5 nitrogen and oxygen atoms in total. The van der Waals surface area contributed by atoms with Crippen molar-refractivity contribution >= 4 is 39.1 Å². The number of rotatable bonds is 3. The minimum absolute atomic E-state index is 0.0515. The Balaban J connectivity index is 2.16. The van der Waals surface area contributed by atoms with E-state index in [1.54, 1.807) is 17.5 Å². The SMILES string of the molecule is O=C1N[C@H](c2cccc(Br)c2)[C@@H](C(=O)c2cccs2)[C@](O)(C(F)(F)F)N1. The van der Waals surface area contributed by atoms with E-state index in [0.717, 1.165) is 11.3 Å². The second-order valence-corrected chi connectivity index (χ2v) is 7.58. The smallest absolute Gasteiger partial charge is 0.363 e. The molecule has 1 aromatic heterocycles. The molecule has 0 bridgehead atoms. The number of amides is 2. The summed E-state index contributed by atoms with van der Waals surface area (Å²) in [6.45, 7) is 0. The standard InChI is InChI=1S/C16H12BrF3N2O3S/c17-9-4-1-3-8(7-9)12-11(13(23)10-5-2-6-26-10)15(25,16(18,19)20)22-14(24)21-12/h1-7,11-12,25H,(H2,21,22,24)/t11-,12+,15-/m0/s1. The van der Waals surface area contributed by atoms with E-state index in [0.29, 0.717) is 4.47 Å². The maximum absolute atomic E-state index is 13.7. The van der Waals surface area contributed by atoms with Crippen molar-refractivity contribution in [2.75, 3.05) is 0 Å². The van der Waals surface area contributed by atoms with Crippen LogP contribution in [0, 0.1) is 5.92 Å². The lowest BCUT2D eigenvalue weighted by Crippen LogP contribution is -2.72. The number of ketones is 1. The minimum atomic E-state index is -5.26. The number of Topliss-reactive ketones (excluding diaryl/α,β-unsaturated/α-hetero) is 1. The summed E-state index contributed by atoms with van der Waals surface area (Å²) in [5.41, 5.74) is -3.45. The molecule has 2 amide bonds. The molecule has 0 aliphatic carbocycles. The van der Waals surface area contributed by atoms with E-state index in [1.807, 2.05) is 0 Å². The van der Waals surface area contributed by atoms with Crippen molar-refractivity contribution in [1.82, 2.24) is 10.6 Å². The third-order valence-electron chi connectivity index (χ3n) is 4.06. The zero-order chi connectivity index (χ0) is 19.1. The van der Waals surface area contributed by atoms with Gasteiger partial charge in [0.05, 0.1) is 10.9 Å². The van der Waals surface area contributed by atoms with Crippen LogP contribution >= 0.6 is 27.3 Å². The van der Waals surface area contributed by atoms with Crippen LogP contribution in [0.25, 0.3) is 0 Å². The Morgan fingerprint density at radius 2 is 2.00 bits per heavy atom. The van der Waals surface area contributed by atoms with Crippen LogP contribution in [-0.4, -0.2) is 28.8 Å². The van der Waals surface area contributed by atoms with Gasteiger partial charge < -0.3 is 15.7 Å². The maximum Gasteiger partial charge on any atom is 0.437 e. The first-order valence-corrected chi connectivity index (χ1v) is 9.02. The highest BCUT2D eigenvalue weighted by molar-refractivity contribution is 9.10. The monoisotopic (exact) mass is 448 g/mol. The molecule has 0 unspecified atom stereocenters. The van der Waals surface area contributed by atoms with Crippen molar-refractivity contribution in [2.45, 2.75) is 17.9 Å². The van der Waals surface area contributed by atoms with Gasteiger partial charge in [-0.25, -0.2) is 4.79 Å². The summed E-state index contributed by atoms with van der Waals surface area (Å²) in [5, 5.41) is 15.8. The summed E-state index contributed by atoms with van der Waals surface area (Å²) in [4.78, 5) is 24.7. The number of halogens is 4. The summed E-state index contributed by atoms with van der Waals surface area (Å²) in [5.74, 6) is -2.93. The molecule has 3 N–H and O–H groups in total. The minimum Gasteiger partial charge on any atom is -0.363 e. The average Bonchev–Trinajstić information content (AvgIpc) is 3.07. The van der Waals surface area contributed by atoms with Crippen LogP contribution < -0.4 is 10.6 Å². The molecule has 0 radical (unpaired) electrons. The molecule has 1 aliphatic heterocycles. The first-order valence-electron chi connectivity index (χ1n) is 7.34. The van der Waals surface area contributed by atoms with Gasteiger partial charge in [0.1, 0.15) is 5.92 Å². The molecule has 10 heteroatoms. The number of carbonyl (C=O) groups excluding carboxylic acids is 2. The maximum atomic E-state index is 13.7. The zero-order valence-corrected chi connectivity index (χ0v) is 15.3. The van der Waals surface area contributed by atoms with E-state index in [9.17, 15) is 27.9 Å². The average molecular weight is 449 g/mol. The second-order valence-electron chi connectivity index (χ2n) is 5.71. The summed E-state index contributed by atoms with van der Waals surface area (Å²) in [6, 6.07) is 6.48. The predicted molar refractivity (Wildman–Crippen MR) is 91.7 cm³/mol. The summed E-state index contributed by atoms with van der Waals surface area (Å²) < 4.78 is 41.6. The number of urea groups is 1. The summed E-state index contributed by atoms with van der Waals surface area (Å²) >= 11 is 4.17. The molecule has 3 atom stereocenters. The Hall–Kier alpha value is -1.91. The third-order valence-corrected chi connectivity index (χ3v) is 5.44. The number of benzene rings is 1. The highest BCUT2D eigenvalue weighted by atomic mass is 79.9. The fraction of sp³-hybridized carbons (Fsp3) is 0.250. The van der Waals surface area contributed by atoms with Crippen molar-refractivity contribution in [1.29, 1.82) is 0 Å². The third kappa shape index (κ3) is 3.24. The molecule has 2 heterocycles. The Kier molecular flexibility index (Phi) is 4.84. The van der Waals surface area contributed by atoms with Gasteiger partial charge in [-0.05, 0) is 29.1 Å². The van der Waals surface area contributed by atoms with Crippen molar-refractivity contribution in [3.63, 3.8) is 0 Å². The van der Waals surface area contributed by atoms with Gasteiger partial charge in [-0.3, -0.25) is 4.79 Å². The molecule has 1 fully saturated rings. The van der Waals surface area contributed by atoms with Crippen molar-refractivity contribution in [3.8, 4) is 0 Å². The number of hydrogen-bond donors (Lipinski definition) is 3. The Morgan fingerprint density at radius 3 is 2.58 bits per heavy atom. The van der Waals surface area contributed by atoms with Crippen LogP contribution in [0.4, 0.5) is 18.0 Å². The highest BCUT2D eigenvalue weighted by Crippen LogP contribution is 2.44. The highest BCUT2D eigenvalue weighted by Gasteiger charge is 2.66. The molecular weight excluding hydrogens is 437 g/mol. The van der Waals surface area contributed by atoms with Crippen LogP contribution in [0.3, 0.4) is 0 Å². The van der Waals surface area contributed by atoms with Gasteiger partial charge in [0.25, 0.3) is 0 Å². The van der Waals surface area contributed by atoms with Crippen LogP contribution in [0.15, 0.2) is 46.3 Å². The van der Waals surface area contributed by atoms with Gasteiger partial charge in [-0.2, -0.15) is 13.2 Å². The Morgan fingerprint density at radius 1 is 1.27 bits per heavy atom. The van der Waals surface area contributed by atoms with Crippen molar-refractivity contribution < 1.29 is 27.9 Å². The molecule has 3 rings (SSSR count). The molecule has 138 valence electrons. The topological polar surface area (TPSA) is 78.4 Å². The van der Waals surface area contributed by atoms with Crippen LogP contribution in [0.2, 0.25) is 0 Å². The summed E-state index contributed by atoms with van der Waals surface area (Å²) in [6.07, 6.45) is -5.26. The first-order chi connectivity index (χ1) is 12.1. The molecule has 0 spiro atoms. The molecule has 2 aromatic rings. The fourth-order valence-corrected chi connectivity index (χ4v) is 4.01. The van der Waals surface area contributed by atoms with Gasteiger partial charge >= 0.3 is 12.2 Å². The van der Waals surface area contributed by atoms with Crippen molar-refractivity contribution in [2.24, 2.45) is 5.92 Å². The summed E-state index contributed by atoms with van der Waals surface area (Å²) in [7, 11) is 0. The lowest BCUT2D eigenvalue weighted by molar-refractivity contribution is -0.287. The Bertz CT molecular complexity index is 844. The molecule has 26 heavy (non-hydrogen) atoms. The number of carbonyl (C=O) groups is 2. The van der Waals surface area contributed by atoms with Gasteiger partial charge in [0.2, 0.25) is 5.72 Å². The zero-order valence-electron chi connectivity index (χ0n) is 12.9. The van der Waals surface area contributed by atoms with Crippen LogP contribution in [-0.2, 0) is 0 Å². The van der Waals surface area contributed by atoms with E-state index in [2.05, 4.69) is 21.2 Å². The number of aliphatic hydroxyl groups is 1. The molecule has 1 aliphatic rings. The van der Waals surface area contributed by atoms with E-state index in [4.69, 9.17) is 0 Å². The normalized spacial score (nSPS) is 26.1. The van der Waals surface area contributed by atoms with E-state index in [1.165, 1.54) is 29.6 Å². The van der Waals surface area contributed by atoms with Crippen molar-refractivity contribution in [3.05, 3.63) is 56.7 Å². The molecule has 1 saturated heterocycles. The van der Waals surface area contributed by atoms with Crippen LogP contribution in [0.1, 0.15) is 21.3 Å². The van der Waals surface area contributed by atoms with Gasteiger partial charge in [0, 0.05) is 4.47 Å². The lowest BCUT2D eigenvalue weighted by atomic mass is 9.78. The number of nitrogens with one attached hydrogen (secondary N) is 2. The van der Waals surface area contributed by atoms with Gasteiger partial charge in [0.15, 0.2) is 5.78 Å². The van der Waals surface area contributed by atoms with Gasteiger partial charge in [-0.1, -0.05) is 34.1 Å². The van der Waals surface area contributed by atoms with E-state index < -0.39 is 35.7 Å². The molecule has 0 saturated carbocycles. The van der Waals surface area contributed by atoms with Gasteiger partial charge in [-0.15, -0.1) is 11.3 Å². The van der Waals surface area contributed by atoms with Crippen LogP contribution in [0.5, 0.6) is 0 Å². The Labute approximate surface area is 158 Å². The second kappa shape index (κ2) is 6.67. The number of hydrogen-bond acceptors (Lipinski definition) is 4. The van der Waals surface area contributed by atoms with E-state index in [-0.39, 0.29) is 10.4 Å². The first kappa shape index (κ1) is 18.9. The van der Waals surface area contributed by atoms with E-state index >= 15 is 0 Å². The molecular formula is C16H12BrF3N2O3S. The predicted octanol–water partition coefficient (Wildman–Crippen LogP) is 3.61. The number of alkyl halides is 3. The molecule has 1 aromatic carbocycles. The number of thiophene rings is 1. The largest absolute Gasteiger partial charge is 0.437 e. The lowest BCUT2D eigenvalue weighted by Gasteiger charge is -2.44.